The summed E-state index contributed by atoms with van der Waals surface area (Å²) in [6.45, 7) is 3.47. The molecule has 0 aliphatic carbocycles. The lowest BCUT2D eigenvalue weighted by molar-refractivity contribution is -0.124. The van der Waals surface area contributed by atoms with Crippen LogP contribution in [0.4, 0.5) is 0 Å². The first kappa shape index (κ1) is 14.6. The van der Waals surface area contributed by atoms with Gasteiger partial charge >= 0.3 is 0 Å². The van der Waals surface area contributed by atoms with Crippen LogP contribution in [0.25, 0.3) is 0 Å². The number of nitrogens with one attached hydrogen (secondary N) is 1. The summed E-state index contributed by atoms with van der Waals surface area (Å²) >= 11 is 0. The van der Waals surface area contributed by atoms with Crippen molar-refractivity contribution in [2.45, 2.75) is 32.6 Å². The summed E-state index contributed by atoms with van der Waals surface area (Å²) in [5.74, 6) is -0.00876. The molecule has 108 valence electrons. The largest absolute Gasteiger partial charge is 0.494 e. The molecular weight excluding hydrogens is 254 g/mol. The Morgan fingerprint density at radius 3 is 2.75 bits per heavy atom. The summed E-state index contributed by atoms with van der Waals surface area (Å²) in [4.78, 5) is 24.0. The average Bonchev–Trinajstić information content (AvgIpc) is 2.48. The molecule has 2 rings (SSSR count). The fraction of sp³-hybridized carbons (Fsp3) is 0.500. The number of rotatable bonds is 6. The molecule has 1 aliphatic heterocycles. The van der Waals surface area contributed by atoms with Crippen molar-refractivity contribution in [3.63, 3.8) is 0 Å². The molecule has 4 heteroatoms. The van der Waals surface area contributed by atoms with E-state index in [-0.39, 0.29) is 11.7 Å². The zero-order chi connectivity index (χ0) is 14.4. The number of ether oxygens (including phenoxy) is 1. The molecule has 1 saturated heterocycles. The number of unbranched alkanes of at least 4 members (excludes halogenated alkanes) is 1. The molecule has 1 aliphatic rings. The van der Waals surface area contributed by atoms with E-state index in [9.17, 15) is 9.59 Å². The second-order valence-electron chi connectivity index (χ2n) is 5.08. The lowest BCUT2D eigenvalue weighted by atomic mass is 9.90. The van der Waals surface area contributed by atoms with Gasteiger partial charge in [0.15, 0.2) is 5.78 Å². The molecule has 0 bridgehead atoms. The average molecular weight is 275 g/mol. The molecule has 0 spiro atoms. The first-order valence-electron chi connectivity index (χ1n) is 7.27. The van der Waals surface area contributed by atoms with Crippen molar-refractivity contribution in [2.24, 2.45) is 5.92 Å². The maximum absolute atomic E-state index is 12.3. The third-order valence-corrected chi connectivity index (χ3v) is 3.51. The number of Topliss-reactive ketones (excluding diaryl/α,β-unsaturated/α-hetero) is 1. The topological polar surface area (TPSA) is 55.4 Å². The van der Waals surface area contributed by atoms with E-state index in [4.69, 9.17) is 4.74 Å². The van der Waals surface area contributed by atoms with E-state index in [1.165, 1.54) is 0 Å². The molecule has 1 unspecified atom stereocenters. The van der Waals surface area contributed by atoms with Crippen LogP contribution in [0.5, 0.6) is 5.75 Å². The van der Waals surface area contributed by atoms with Gasteiger partial charge in [-0.3, -0.25) is 9.59 Å². The Hall–Kier alpha value is -1.84. The van der Waals surface area contributed by atoms with Crippen molar-refractivity contribution in [1.82, 2.24) is 5.32 Å². The minimum Gasteiger partial charge on any atom is -0.494 e. The molecule has 1 aromatic rings. The number of piperidine rings is 1. The lowest BCUT2D eigenvalue weighted by Gasteiger charge is -2.20. The smallest absolute Gasteiger partial charge is 0.230 e. The summed E-state index contributed by atoms with van der Waals surface area (Å²) in [5, 5.41) is 2.74. The van der Waals surface area contributed by atoms with E-state index in [0.29, 0.717) is 25.1 Å². The quantitative estimate of drug-likeness (QED) is 0.493. The second kappa shape index (κ2) is 7.08. The fourth-order valence-corrected chi connectivity index (χ4v) is 2.27. The maximum atomic E-state index is 12.3. The van der Waals surface area contributed by atoms with Crippen molar-refractivity contribution >= 4 is 11.7 Å². The van der Waals surface area contributed by atoms with Crippen LogP contribution < -0.4 is 10.1 Å². The highest BCUT2D eigenvalue weighted by molar-refractivity contribution is 6.10. The molecule has 1 N–H and O–H groups in total. The Labute approximate surface area is 119 Å². The number of benzene rings is 1. The molecule has 1 amide bonds. The standard InChI is InChI=1S/C16H21NO3/c1-2-3-11-20-13-8-6-12(7-9-13)15(18)14-5-4-10-17-16(14)19/h6-9,14H,2-5,10-11H2,1H3,(H,17,19). The van der Waals surface area contributed by atoms with Crippen molar-refractivity contribution in [1.29, 1.82) is 0 Å². The number of carbonyl (C=O) groups excluding carboxylic acids is 2. The predicted octanol–water partition coefficient (Wildman–Crippen LogP) is 2.57. The van der Waals surface area contributed by atoms with Gasteiger partial charge in [0.2, 0.25) is 5.91 Å². The minimum atomic E-state index is -0.532. The van der Waals surface area contributed by atoms with Crippen LogP contribution in [-0.2, 0) is 4.79 Å². The molecule has 1 fully saturated rings. The molecule has 0 aromatic heterocycles. The van der Waals surface area contributed by atoms with Gasteiger partial charge in [-0.2, -0.15) is 0 Å². The maximum Gasteiger partial charge on any atom is 0.230 e. The predicted molar refractivity (Wildman–Crippen MR) is 76.9 cm³/mol. The molecule has 1 aromatic carbocycles. The van der Waals surface area contributed by atoms with Crippen LogP contribution in [0.3, 0.4) is 0 Å². The van der Waals surface area contributed by atoms with Gasteiger partial charge in [-0.25, -0.2) is 0 Å². The third-order valence-electron chi connectivity index (χ3n) is 3.51. The normalized spacial score (nSPS) is 18.4. The monoisotopic (exact) mass is 275 g/mol. The zero-order valence-electron chi connectivity index (χ0n) is 11.9. The highest BCUT2D eigenvalue weighted by Crippen LogP contribution is 2.20. The Bertz CT molecular complexity index is 467. The second-order valence-corrected chi connectivity index (χ2v) is 5.08. The van der Waals surface area contributed by atoms with Crippen LogP contribution in [0.1, 0.15) is 43.0 Å². The first-order valence-corrected chi connectivity index (χ1v) is 7.27. The number of ketones is 1. The van der Waals surface area contributed by atoms with Crippen LogP contribution in [0, 0.1) is 5.92 Å². The lowest BCUT2D eigenvalue weighted by Crippen LogP contribution is -2.40. The number of hydrogen-bond acceptors (Lipinski definition) is 3. The third kappa shape index (κ3) is 3.59. The van der Waals surface area contributed by atoms with E-state index < -0.39 is 5.92 Å². The summed E-state index contributed by atoms with van der Waals surface area (Å²) in [5.41, 5.74) is 0.579. The van der Waals surface area contributed by atoms with Crippen LogP contribution in [-0.4, -0.2) is 24.8 Å². The Balaban J connectivity index is 1.98. The highest BCUT2D eigenvalue weighted by atomic mass is 16.5. The zero-order valence-corrected chi connectivity index (χ0v) is 11.9. The van der Waals surface area contributed by atoms with Crippen LogP contribution >= 0.6 is 0 Å². The number of hydrogen-bond donors (Lipinski definition) is 1. The van der Waals surface area contributed by atoms with Crippen LogP contribution in [0.15, 0.2) is 24.3 Å². The summed E-state index contributed by atoms with van der Waals surface area (Å²) in [7, 11) is 0. The fourth-order valence-electron chi connectivity index (χ4n) is 2.27. The van der Waals surface area contributed by atoms with Gasteiger partial charge in [-0.05, 0) is 43.5 Å². The molecule has 1 heterocycles. The van der Waals surface area contributed by atoms with E-state index in [1.807, 2.05) is 0 Å². The van der Waals surface area contributed by atoms with E-state index in [2.05, 4.69) is 12.2 Å². The van der Waals surface area contributed by atoms with Gasteiger partial charge in [-0.1, -0.05) is 13.3 Å². The summed E-state index contributed by atoms with van der Waals surface area (Å²) < 4.78 is 5.56. The van der Waals surface area contributed by atoms with Gasteiger partial charge in [-0.15, -0.1) is 0 Å². The van der Waals surface area contributed by atoms with Gasteiger partial charge in [0.05, 0.1) is 6.61 Å². The summed E-state index contributed by atoms with van der Waals surface area (Å²) in [6.07, 6.45) is 3.61. The first-order chi connectivity index (χ1) is 9.72. The molecule has 0 radical (unpaired) electrons. The Morgan fingerprint density at radius 2 is 2.10 bits per heavy atom. The van der Waals surface area contributed by atoms with Gasteiger partial charge in [0.25, 0.3) is 0 Å². The van der Waals surface area contributed by atoms with Gasteiger partial charge in [0.1, 0.15) is 11.7 Å². The summed E-state index contributed by atoms with van der Waals surface area (Å²) in [6, 6.07) is 7.07. The van der Waals surface area contributed by atoms with Crippen molar-refractivity contribution in [3.05, 3.63) is 29.8 Å². The Morgan fingerprint density at radius 1 is 1.35 bits per heavy atom. The molecule has 0 saturated carbocycles. The van der Waals surface area contributed by atoms with E-state index in [0.717, 1.165) is 25.0 Å². The van der Waals surface area contributed by atoms with E-state index >= 15 is 0 Å². The van der Waals surface area contributed by atoms with Gasteiger partial charge < -0.3 is 10.1 Å². The highest BCUT2D eigenvalue weighted by Gasteiger charge is 2.29. The number of amides is 1. The SMILES string of the molecule is CCCCOc1ccc(C(=O)C2CCCNC2=O)cc1. The van der Waals surface area contributed by atoms with Crippen LogP contribution in [0.2, 0.25) is 0 Å². The van der Waals surface area contributed by atoms with Crippen molar-refractivity contribution in [3.8, 4) is 5.75 Å². The van der Waals surface area contributed by atoms with Gasteiger partial charge in [0, 0.05) is 12.1 Å². The minimum absolute atomic E-state index is 0.0951. The number of carbonyl (C=O) groups is 2. The van der Waals surface area contributed by atoms with E-state index in [1.54, 1.807) is 24.3 Å². The molecule has 4 nitrogen and oxygen atoms in total. The van der Waals surface area contributed by atoms with Crippen molar-refractivity contribution in [2.75, 3.05) is 13.2 Å². The molecular formula is C16H21NO3. The molecule has 1 atom stereocenters. The molecule has 20 heavy (non-hydrogen) atoms. The Kier molecular flexibility index (Phi) is 5.16. The van der Waals surface area contributed by atoms with Crippen molar-refractivity contribution < 1.29 is 14.3 Å².